The van der Waals surface area contributed by atoms with Crippen LogP contribution in [0.5, 0.6) is 11.5 Å². The summed E-state index contributed by atoms with van der Waals surface area (Å²) in [5.74, 6) is -0.521. The average molecular weight is 522 g/mol. The van der Waals surface area contributed by atoms with E-state index in [2.05, 4.69) is 10.6 Å². The molecule has 10 heteroatoms. The number of benzene rings is 2. The smallest absolute Gasteiger partial charge is 0.287 e. The van der Waals surface area contributed by atoms with E-state index in [-0.39, 0.29) is 24.3 Å². The van der Waals surface area contributed by atoms with Gasteiger partial charge in [-0.3, -0.25) is 19.3 Å². The Labute approximate surface area is 220 Å². The molecule has 3 amide bonds. The van der Waals surface area contributed by atoms with Crippen LogP contribution in [0.3, 0.4) is 0 Å². The van der Waals surface area contributed by atoms with Crippen LogP contribution in [0.25, 0.3) is 0 Å². The van der Waals surface area contributed by atoms with Crippen LogP contribution in [-0.4, -0.2) is 57.7 Å². The fourth-order valence-electron chi connectivity index (χ4n) is 4.32. The maximum absolute atomic E-state index is 13.8. The summed E-state index contributed by atoms with van der Waals surface area (Å²) in [7, 11) is 3.00. The molecule has 38 heavy (non-hydrogen) atoms. The molecule has 0 radical (unpaired) electrons. The number of methoxy groups -OCH3 is 2. The zero-order chi connectivity index (χ0) is 26.9. The number of carbonyl (C=O) groups is 3. The summed E-state index contributed by atoms with van der Waals surface area (Å²) in [4.78, 5) is 41.3. The minimum Gasteiger partial charge on any atom is -0.493 e. The van der Waals surface area contributed by atoms with Gasteiger partial charge < -0.3 is 29.3 Å². The molecule has 3 aromatic rings. The zero-order valence-electron chi connectivity index (χ0n) is 21.3. The number of nitrogens with zero attached hydrogens (tertiary/aromatic N) is 1. The van der Waals surface area contributed by atoms with Crippen molar-refractivity contribution in [3.8, 4) is 11.5 Å². The van der Waals surface area contributed by atoms with Crippen LogP contribution in [0.2, 0.25) is 0 Å². The average Bonchev–Trinajstić information content (AvgIpc) is 3.68. The lowest BCUT2D eigenvalue weighted by atomic mass is 10.0. The van der Waals surface area contributed by atoms with Crippen LogP contribution in [0.15, 0.2) is 71.3 Å². The normalized spacial score (nSPS) is 15.4. The molecular weight excluding hydrogens is 490 g/mol. The molecule has 200 valence electrons. The predicted molar refractivity (Wildman–Crippen MR) is 139 cm³/mol. The SMILES string of the molecule is COc1ccc(N(C(=O)CNC(=O)c2ccco2)[C@H](C(=O)NC[C@@H]2CCCO2)c2ccccc2)cc1OC. The first-order chi connectivity index (χ1) is 18.5. The fourth-order valence-corrected chi connectivity index (χ4v) is 4.32. The van der Waals surface area contributed by atoms with E-state index < -0.39 is 17.9 Å². The lowest BCUT2D eigenvalue weighted by molar-refractivity contribution is -0.126. The quantitative estimate of drug-likeness (QED) is 0.398. The topological polar surface area (TPSA) is 119 Å². The first kappa shape index (κ1) is 26.7. The Kier molecular flexibility index (Phi) is 8.99. The summed E-state index contributed by atoms with van der Waals surface area (Å²) in [6.07, 6.45) is 3.09. The van der Waals surface area contributed by atoms with Crippen LogP contribution in [-0.2, 0) is 14.3 Å². The van der Waals surface area contributed by atoms with Gasteiger partial charge in [-0.1, -0.05) is 30.3 Å². The van der Waals surface area contributed by atoms with Crippen molar-refractivity contribution in [2.45, 2.75) is 25.0 Å². The second-order valence-corrected chi connectivity index (χ2v) is 8.66. The molecule has 1 aromatic heterocycles. The monoisotopic (exact) mass is 521 g/mol. The third-order valence-electron chi connectivity index (χ3n) is 6.21. The van der Waals surface area contributed by atoms with Crippen LogP contribution in [0, 0.1) is 0 Å². The van der Waals surface area contributed by atoms with Gasteiger partial charge >= 0.3 is 0 Å². The van der Waals surface area contributed by atoms with Crippen molar-refractivity contribution in [1.82, 2.24) is 10.6 Å². The van der Waals surface area contributed by atoms with Gasteiger partial charge in [0.15, 0.2) is 17.3 Å². The molecule has 2 N–H and O–H groups in total. The molecule has 2 heterocycles. The Bertz CT molecular complexity index is 1220. The zero-order valence-corrected chi connectivity index (χ0v) is 21.3. The molecule has 1 fully saturated rings. The van der Waals surface area contributed by atoms with Crippen LogP contribution in [0.1, 0.15) is 35.0 Å². The summed E-state index contributed by atoms with van der Waals surface area (Å²) in [6.45, 7) is 0.607. The number of anilines is 1. The second-order valence-electron chi connectivity index (χ2n) is 8.66. The van der Waals surface area contributed by atoms with E-state index in [9.17, 15) is 14.4 Å². The highest BCUT2D eigenvalue weighted by atomic mass is 16.5. The van der Waals surface area contributed by atoms with E-state index in [0.29, 0.717) is 35.9 Å². The van der Waals surface area contributed by atoms with Crippen molar-refractivity contribution in [2.75, 3.05) is 38.8 Å². The van der Waals surface area contributed by atoms with Gasteiger partial charge in [0.05, 0.1) is 33.1 Å². The van der Waals surface area contributed by atoms with Crippen LogP contribution in [0.4, 0.5) is 5.69 Å². The van der Waals surface area contributed by atoms with Crippen molar-refractivity contribution in [2.24, 2.45) is 0 Å². The van der Waals surface area contributed by atoms with Gasteiger partial charge in [0, 0.05) is 24.9 Å². The summed E-state index contributed by atoms with van der Waals surface area (Å²) < 4.78 is 21.6. The van der Waals surface area contributed by atoms with Gasteiger partial charge in [0.25, 0.3) is 5.91 Å². The van der Waals surface area contributed by atoms with Gasteiger partial charge in [-0.05, 0) is 42.7 Å². The maximum atomic E-state index is 13.8. The number of carbonyl (C=O) groups excluding carboxylic acids is 3. The van der Waals surface area contributed by atoms with E-state index in [1.807, 2.05) is 6.07 Å². The minimum atomic E-state index is -1.04. The predicted octanol–water partition coefficient (Wildman–Crippen LogP) is 3.10. The van der Waals surface area contributed by atoms with E-state index in [0.717, 1.165) is 12.8 Å². The van der Waals surface area contributed by atoms with Crippen molar-refractivity contribution in [3.05, 3.63) is 78.3 Å². The molecule has 1 saturated heterocycles. The number of ether oxygens (including phenoxy) is 3. The third-order valence-corrected chi connectivity index (χ3v) is 6.21. The number of hydrogen-bond acceptors (Lipinski definition) is 7. The van der Waals surface area contributed by atoms with E-state index in [4.69, 9.17) is 18.6 Å². The largest absolute Gasteiger partial charge is 0.493 e. The van der Waals surface area contributed by atoms with Gasteiger partial charge in [-0.2, -0.15) is 0 Å². The number of rotatable bonds is 11. The molecule has 2 atom stereocenters. The molecule has 0 aliphatic carbocycles. The van der Waals surface area contributed by atoms with Gasteiger partial charge in [-0.15, -0.1) is 0 Å². The molecular formula is C28H31N3O7. The standard InChI is InChI=1S/C28H31N3O7/c1-35-22-13-12-20(16-24(22)36-2)31(25(32)18-30-27(33)23-11-7-15-38-23)26(19-8-4-3-5-9-19)28(34)29-17-21-10-6-14-37-21/h3-5,7-9,11-13,15-16,21,26H,6,10,14,17-18H2,1-2H3,(H,29,34)(H,30,33)/t21-,26-/m0/s1. The molecule has 10 nitrogen and oxygen atoms in total. The number of nitrogens with one attached hydrogen (secondary N) is 2. The highest BCUT2D eigenvalue weighted by molar-refractivity contribution is 6.04. The molecule has 1 aliphatic heterocycles. The molecule has 2 aromatic carbocycles. The molecule has 0 saturated carbocycles. The minimum absolute atomic E-state index is 0.0735. The maximum Gasteiger partial charge on any atom is 0.287 e. The summed E-state index contributed by atoms with van der Waals surface area (Å²) in [6, 6.07) is 16.0. The van der Waals surface area contributed by atoms with E-state index >= 15 is 0 Å². The van der Waals surface area contributed by atoms with Crippen LogP contribution >= 0.6 is 0 Å². The Morgan fingerprint density at radius 3 is 2.45 bits per heavy atom. The van der Waals surface area contributed by atoms with Crippen molar-refractivity contribution in [3.63, 3.8) is 0 Å². The highest BCUT2D eigenvalue weighted by Gasteiger charge is 2.34. The fraction of sp³-hybridized carbons (Fsp3) is 0.321. The summed E-state index contributed by atoms with van der Waals surface area (Å²) in [5.41, 5.74) is 0.985. The van der Waals surface area contributed by atoms with Crippen molar-refractivity contribution in [1.29, 1.82) is 0 Å². The highest BCUT2D eigenvalue weighted by Crippen LogP contribution is 2.35. The number of furan rings is 1. The van der Waals surface area contributed by atoms with E-state index in [1.165, 1.54) is 31.4 Å². The summed E-state index contributed by atoms with van der Waals surface area (Å²) in [5, 5.41) is 5.53. The molecule has 0 bridgehead atoms. The van der Waals surface area contributed by atoms with Gasteiger partial charge in [0.1, 0.15) is 6.04 Å². The Morgan fingerprint density at radius 1 is 1.00 bits per heavy atom. The Hall–Kier alpha value is -4.31. The lowest BCUT2D eigenvalue weighted by Gasteiger charge is -2.32. The third kappa shape index (κ3) is 6.33. The molecule has 0 spiro atoms. The Balaban J connectivity index is 1.69. The summed E-state index contributed by atoms with van der Waals surface area (Å²) >= 11 is 0. The molecule has 4 rings (SSSR count). The Morgan fingerprint density at radius 2 is 1.79 bits per heavy atom. The van der Waals surface area contributed by atoms with Gasteiger partial charge in [-0.25, -0.2) is 0 Å². The number of amides is 3. The first-order valence-electron chi connectivity index (χ1n) is 12.3. The van der Waals surface area contributed by atoms with Crippen molar-refractivity contribution < 1.29 is 33.0 Å². The second kappa shape index (κ2) is 12.8. The molecule has 0 unspecified atom stereocenters. The van der Waals surface area contributed by atoms with Gasteiger partial charge in [0.2, 0.25) is 11.8 Å². The first-order valence-corrected chi connectivity index (χ1v) is 12.3. The lowest BCUT2D eigenvalue weighted by Crippen LogP contribution is -2.48. The van der Waals surface area contributed by atoms with Crippen LogP contribution < -0.4 is 25.0 Å². The number of hydrogen-bond donors (Lipinski definition) is 2. The molecule has 1 aliphatic rings. The van der Waals surface area contributed by atoms with Crippen molar-refractivity contribution >= 4 is 23.4 Å². The van der Waals surface area contributed by atoms with E-state index in [1.54, 1.807) is 48.5 Å².